The third kappa shape index (κ3) is 4.54. The zero-order chi connectivity index (χ0) is 23.0. The van der Waals surface area contributed by atoms with Gasteiger partial charge in [0.25, 0.3) is 0 Å². The third-order valence-electron chi connectivity index (χ3n) is 8.01. The summed E-state index contributed by atoms with van der Waals surface area (Å²) < 4.78 is 7.84. The molecule has 0 aromatic carbocycles. The average Bonchev–Trinajstić information content (AvgIpc) is 3.13. The van der Waals surface area contributed by atoms with E-state index in [1.165, 1.54) is 38.5 Å². The van der Waals surface area contributed by atoms with E-state index in [1.54, 1.807) is 6.20 Å². The molecule has 33 heavy (non-hydrogen) atoms. The van der Waals surface area contributed by atoms with Crippen molar-refractivity contribution in [2.75, 3.05) is 18.9 Å². The van der Waals surface area contributed by atoms with Crippen LogP contribution < -0.4 is 16.4 Å². The number of anilines is 1. The van der Waals surface area contributed by atoms with Crippen LogP contribution >= 0.6 is 0 Å². The minimum atomic E-state index is 0.0109. The third-order valence-corrected chi connectivity index (χ3v) is 8.01. The van der Waals surface area contributed by atoms with Crippen molar-refractivity contribution >= 4 is 22.9 Å². The molecule has 180 valence electrons. The van der Waals surface area contributed by atoms with Crippen LogP contribution in [0.2, 0.25) is 0 Å². The minimum Gasteiger partial charge on any atom is -0.382 e. The number of amides is 2. The van der Waals surface area contributed by atoms with Crippen LogP contribution in [-0.4, -0.2) is 39.3 Å². The molecule has 2 aromatic heterocycles. The molecule has 6 rings (SSSR count). The van der Waals surface area contributed by atoms with Crippen LogP contribution in [0.25, 0.3) is 11.0 Å². The number of urea groups is 1. The Morgan fingerprint density at radius 1 is 1.21 bits per heavy atom. The first-order chi connectivity index (χ1) is 16.0. The second-order valence-electron chi connectivity index (χ2n) is 10.6. The molecule has 8 nitrogen and oxygen atoms in total. The number of carbonyl (C=O) groups excluding carboxylic acids is 1. The molecule has 4 bridgehead atoms. The van der Waals surface area contributed by atoms with E-state index in [1.807, 2.05) is 13.8 Å². The summed E-state index contributed by atoms with van der Waals surface area (Å²) in [6.07, 6.45) is 11.3. The van der Waals surface area contributed by atoms with E-state index in [4.69, 9.17) is 15.5 Å². The molecule has 8 heteroatoms. The number of carbonyl (C=O) groups is 1. The first-order valence-electron chi connectivity index (χ1n) is 12.7. The van der Waals surface area contributed by atoms with Gasteiger partial charge in [0, 0.05) is 31.4 Å². The summed E-state index contributed by atoms with van der Waals surface area (Å²) >= 11 is 0. The standard InChI is InChI=1S/C25H38N6O2/c1-3-33-15-20-29-21-22(16(2)14-28-23(21)26)31(20)7-5-4-6-27-24(32)30-25-11-17-8-18(12-25)10-19(9-17)13-25/h14,17-19H,3-13,15H2,1-2H3,(H2,26,28)(H2,27,30,32). The number of pyridine rings is 1. The summed E-state index contributed by atoms with van der Waals surface area (Å²) in [4.78, 5) is 21.6. The fourth-order valence-electron chi connectivity index (χ4n) is 7.06. The van der Waals surface area contributed by atoms with E-state index < -0.39 is 0 Å². The molecule has 4 saturated carbocycles. The maximum Gasteiger partial charge on any atom is 0.315 e. The largest absolute Gasteiger partial charge is 0.382 e. The number of aryl methyl sites for hydroxylation is 2. The van der Waals surface area contributed by atoms with Gasteiger partial charge < -0.3 is 25.7 Å². The molecule has 2 aromatic rings. The lowest BCUT2D eigenvalue weighted by molar-refractivity contribution is -0.0135. The van der Waals surface area contributed by atoms with E-state index >= 15 is 0 Å². The Bertz CT molecular complexity index is 981. The number of hydrogen-bond acceptors (Lipinski definition) is 5. The first kappa shape index (κ1) is 22.4. The van der Waals surface area contributed by atoms with E-state index in [-0.39, 0.29) is 11.6 Å². The smallest absolute Gasteiger partial charge is 0.315 e. The van der Waals surface area contributed by atoms with Gasteiger partial charge in [-0.15, -0.1) is 0 Å². The predicted molar refractivity (Wildman–Crippen MR) is 129 cm³/mol. The Morgan fingerprint density at radius 2 is 1.91 bits per heavy atom. The van der Waals surface area contributed by atoms with Gasteiger partial charge in [-0.3, -0.25) is 0 Å². The Labute approximate surface area is 196 Å². The van der Waals surface area contributed by atoms with Crippen molar-refractivity contribution in [1.82, 2.24) is 25.2 Å². The topological polar surface area (TPSA) is 107 Å². The van der Waals surface area contributed by atoms with Crippen LogP contribution in [0.5, 0.6) is 0 Å². The van der Waals surface area contributed by atoms with Crippen LogP contribution in [0, 0.1) is 24.7 Å². The molecule has 2 amide bonds. The molecule has 0 spiro atoms. The zero-order valence-corrected chi connectivity index (χ0v) is 20.0. The Balaban J connectivity index is 1.14. The van der Waals surface area contributed by atoms with Gasteiger partial charge in [0.05, 0.1) is 5.52 Å². The van der Waals surface area contributed by atoms with Crippen molar-refractivity contribution in [2.45, 2.75) is 83.9 Å². The average molecular weight is 455 g/mol. The van der Waals surface area contributed by atoms with Crippen molar-refractivity contribution in [3.8, 4) is 0 Å². The van der Waals surface area contributed by atoms with E-state index in [9.17, 15) is 4.79 Å². The molecule has 4 N–H and O–H groups in total. The summed E-state index contributed by atoms with van der Waals surface area (Å²) in [5.74, 6) is 3.83. The van der Waals surface area contributed by atoms with Crippen molar-refractivity contribution < 1.29 is 9.53 Å². The fraction of sp³-hybridized carbons (Fsp3) is 0.720. The number of imidazole rings is 1. The molecular formula is C25H38N6O2. The molecule has 0 unspecified atom stereocenters. The molecule has 0 atom stereocenters. The lowest BCUT2D eigenvalue weighted by Crippen LogP contribution is -2.61. The number of rotatable bonds is 9. The quantitative estimate of drug-likeness (QED) is 0.498. The summed E-state index contributed by atoms with van der Waals surface area (Å²) in [6.45, 7) is 6.59. The summed E-state index contributed by atoms with van der Waals surface area (Å²) in [5.41, 5.74) is 8.99. The van der Waals surface area contributed by atoms with Crippen molar-refractivity contribution in [2.24, 2.45) is 17.8 Å². The summed E-state index contributed by atoms with van der Waals surface area (Å²) in [5, 5.41) is 6.51. The van der Waals surface area contributed by atoms with Crippen molar-refractivity contribution in [3.05, 3.63) is 17.6 Å². The van der Waals surface area contributed by atoms with Crippen LogP contribution in [0.15, 0.2) is 6.20 Å². The molecule has 0 radical (unpaired) electrons. The highest BCUT2D eigenvalue weighted by Crippen LogP contribution is 2.55. The van der Waals surface area contributed by atoms with Gasteiger partial charge in [-0.2, -0.15) is 0 Å². The lowest BCUT2D eigenvalue weighted by atomic mass is 9.53. The van der Waals surface area contributed by atoms with Crippen LogP contribution in [0.4, 0.5) is 10.6 Å². The monoisotopic (exact) mass is 454 g/mol. The zero-order valence-electron chi connectivity index (χ0n) is 20.0. The lowest BCUT2D eigenvalue weighted by Gasteiger charge is -2.56. The summed E-state index contributed by atoms with van der Waals surface area (Å²) in [7, 11) is 0. The Hall–Kier alpha value is -2.35. The maximum atomic E-state index is 12.7. The molecular weight excluding hydrogens is 416 g/mol. The number of unbranched alkanes of at least 4 members (excludes halogenated alkanes) is 1. The number of hydrogen-bond donors (Lipinski definition) is 3. The van der Waals surface area contributed by atoms with E-state index in [2.05, 4.69) is 20.2 Å². The molecule has 4 fully saturated rings. The van der Waals surface area contributed by atoms with Gasteiger partial charge in [0.1, 0.15) is 17.9 Å². The Morgan fingerprint density at radius 3 is 2.58 bits per heavy atom. The van der Waals surface area contributed by atoms with Gasteiger partial charge in [-0.05, 0) is 88.5 Å². The van der Waals surface area contributed by atoms with Crippen LogP contribution in [0.1, 0.15) is 69.7 Å². The van der Waals surface area contributed by atoms with Crippen LogP contribution in [-0.2, 0) is 17.9 Å². The minimum absolute atomic E-state index is 0.0109. The molecule has 4 aliphatic rings. The van der Waals surface area contributed by atoms with Gasteiger partial charge in [-0.25, -0.2) is 14.8 Å². The highest BCUT2D eigenvalue weighted by atomic mass is 16.5. The second-order valence-corrected chi connectivity index (χ2v) is 10.6. The number of nitrogens with zero attached hydrogens (tertiary/aromatic N) is 3. The SMILES string of the molecule is CCOCc1nc2c(N)ncc(C)c2n1CCCCNC(=O)NC12CC3CC(CC(C3)C1)C2. The van der Waals surface area contributed by atoms with Gasteiger partial charge in [-0.1, -0.05) is 0 Å². The summed E-state index contributed by atoms with van der Waals surface area (Å²) in [6, 6.07) is 0.0109. The predicted octanol–water partition coefficient (Wildman–Crippen LogP) is 3.91. The number of nitrogens with one attached hydrogen (secondary N) is 2. The van der Waals surface area contributed by atoms with Gasteiger partial charge in [0.15, 0.2) is 5.82 Å². The van der Waals surface area contributed by atoms with Gasteiger partial charge in [0.2, 0.25) is 0 Å². The highest BCUT2D eigenvalue weighted by molar-refractivity contribution is 5.87. The fourth-order valence-corrected chi connectivity index (χ4v) is 7.06. The number of nitrogens with two attached hydrogens (primary N) is 1. The molecule has 4 aliphatic carbocycles. The normalized spacial score (nSPS) is 27.9. The number of nitrogen functional groups attached to an aromatic ring is 1. The highest BCUT2D eigenvalue weighted by Gasteiger charge is 2.51. The maximum absolute atomic E-state index is 12.7. The van der Waals surface area contributed by atoms with Crippen molar-refractivity contribution in [1.29, 1.82) is 0 Å². The Kier molecular flexibility index (Phi) is 6.20. The first-order valence-corrected chi connectivity index (χ1v) is 12.7. The number of fused-ring (bicyclic) bond motifs is 1. The van der Waals surface area contributed by atoms with E-state index in [0.29, 0.717) is 25.6 Å². The second kappa shape index (κ2) is 9.12. The number of aromatic nitrogens is 3. The molecule has 0 aliphatic heterocycles. The van der Waals surface area contributed by atoms with Crippen LogP contribution in [0.3, 0.4) is 0 Å². The van der Waals surface area contributed by atoms with Gasteiger partial charge >= 0.3 is 6.03 Å². The number of ether oxygens (including phenoxy) is 1. The molecule has 0 saturated heterocycles. The van der Waals surface area contributed by atoms with Crippen molar-refractivity contribution in [3.63, 3.8) is 0 Å². The molecule has 2 heterocycles. The van der Waals surface area contributed by atoms with E-state index in [0.717, 1.165) is 59.6 Å².